The van der Waals surface area contributed by atoms with Crippen molar-refractivity contribution in [2.24, 2.45) is 0 Å². The summed E-state index contributed by atoms with van der Waals surface area (Å²) in [6.07, 6.45) is 8.50. The minimum Gasteiger partial charge on any atom is -0.493 e. The van der Waals surface area contributed by atoms with Gasteiger partial charge in [-0.05, 0) is 61.9 Å². The molecule has 0 N–H and O–H groups in total. The SMILES string of the molecule is COc1ccc(CC[C@H]2CCCCN2C(=O)c2ccc3nncn3c2)cc1OC. The summed E-state index contributed by atoms with van der Waals surface area (Å²) in [5.74, 6) is 1.55. The van der Waals surface area contributed by atoms with Crippen LogP contribution in [0, 0.1) is 0 Å². The second-order valence-electron chi connectivity index (χ2n) is 7.39. The van der Waals surface area contributed by atoms with Crippen molar-refractivity contribution in [1.29, 1.82) is 0 Å². The van der Waals surface area contributed by atoms with Crippen LogP contribution in [0.15, 0.2) is 42.9 Å². The minimum atomic E-state index is 0.0811. The molecular formula is C22H26N4O3. The van der Waals surface area contributed by atoms with Crippen LogP contribution in [0.5, 0.6) is 11.5 Å². The molecule has 4 rings (SSSR count). The van der Waals surface area contributed by atoms with E-state index in [0.29, 0.717) is 5.56 Å². The van der Waals surface area contributed by atoms with Gasteiger partial charge in [0.15, 0.2) is 17.1 Å². The molecule has 0 unspecified atom stereocenters. The van der Waals surface area contributed by atoms with E-state index in [4.69, 9.17) is 9.47 Å². The van der Waals surface area contributed by atoms with E-state index >= 15 is 0 Å². The summed E-state index contributed by atoms with van der Waals surface area (Å²) in [4.78, 5) is 15.2. The van der Waals surface area contributed by atoms with E-state index in [0.717, 1.165) is 55.8 Å². The van der Waals surface area contributed by atoms with Gasteiger partial charge in [0.1, 0.15) is 6.33 Å². The lowest BCUT2D eigenvalue weighted by Crippen LogP contribution is -2.44. The number of fused-ring (bicyclic) bond motifs is 1. The molecule has 7 heteroatoms. The van der Waals surface area contributed by atoms with Crippen LogP contribution in [0.3, 0.4) is 0 Å². The average molecular weight is 394 g/mol. The van der Waals surface area contributed by atoms with Crippen molar-refractivity contribution in [3.63, 3.8) is 0 Å². The molecule has 29 heavy (non-hydrogen) atoms. The molecule has 3 aromatic rings. The molecule has 1 amide bonds. The maximum Gasteiger partial charge on any atom is 0.255 e. The molecule has 7 nitrogen and oxygen atoms in total. The Labute approximate surface area is 170 Å². The summed E-state index contributed by atoms with van der Waals surface area (Å²) in [7, 11) is 3.29. The van der Waals surface area contributed by atoms with E-state index in [2.05, 4.69) is 16.3 Å². The Hall–Kier alpha value is -3.09. The Morgan fingerprint density at radius 1 is 1.14 bits per heavy atom. The number of nitrogens with zero attached hydrogens (tertiary/aromatic N) is 4. The minimum absolute atomic E-state index is 0.0811. The number of ether oxygens (including phenoxy) is 2. The zero-order valence-electron chi connectivity index (χ0n) is 16.9. The first kappa shape index (κ1) is 19.2. The van der Waals surface area contributed by atoms with E-state index in [9.17, 15) is 4.79 Å². The van der Waals surface area contributed by atoms with E-state index < -0.39 is 0 Å². The Morgan fingerprint density at radius 2 is 2.00 bits per heavy atom. The number of aromatic nitrogens is 3. The first-order chi connectivity index (χ1) is 14.2. The normalized spacial score (nSPS) is 16.8. The molecular weight excluding hydrogens is 368 g/mol. The van der Waals surface area contributed by atoms with Gasteiger partial charge in [-0.15, -0.1) is 10.2 Å². The number of hydrogen-bond donors (Lipinski definition) is 0. The molecule has 0 saturated carbocycles. The molecule has 0 spiro atoms. The van der Waals surface area contributed by atoms with Gasteiger partial charge in [0, 0.05) is 18.8 Å². The number of carbonyl (C=O) groups excluding carboxylic acids is 1. The molecule has 1 saturated heterocycles. The van der Waals surface area contributed by atoms with Crippen LogP contribution in [0.2, 0.25) is 0 Å². The van der Waals surface area contributed by atoms with Crippen LogP contribution in [-0.4, -0.2) is 52.2 Å². The molecule has 0 aliphatic carbocycles. The summed E-state index contributed by atoms with van der Waals surface area (Å²) < 4.78 is 12.5. The number of hydrogen-bond acceptors (Lipinski definition) is 5. The Morgan fingerprint density at radius 3 is 2.83 bits per heavy atom. The number of likely N-dealkylation sites (tertiary alicyclic amines) is 1. The van der Waals surface area contributed by atoms with Crippen LogP contribution in [0.25, 0.3) is 5.65 Å². The quantitative estimate of drug-likeness (QED) is 0.641. The van der Waals surface area contributed by atoms with Gasteiger partial charge in [0.25, 0.3) is 5.91 Å². The van der Waals surface area contributed by atoms with Gasteiger partial charge in [0.05, 0.1) is 19.8 Å². The maximum atomic E-state index is 13.2. The second-order valence-corrected chi connectivity index (χ2v) is 7.39. The van der Waals surface area contributed by atoms with Crippen molar-refractivity contribution in [1.82, 2.24) is 19.5 Å². The number of methoxy groups -OCH3 is 2. The first-order valence-corrected chi connectivity index (χ1v) is 10.0. The topological polar surface area (TPSA) is 69.0 Å². The highest BCUT2D eigenvalue weighted by Crippen LogP contribution is 2.29. The third-order valence-corrected chi connectivity index (χ3v) is 5.64. The molecule has 152 valence electrons. The number of rotatable bonds is 6. The van der Waals surface area contributed by atoms with Gasteiger partial charge >= 0.3 is 0 Å². The van der Waals surface area contributed by atoms with E-state index in [1.807, 2.05) is 35.4 Å². The largest absolute Gasteiger partial charge is 0.493 e. The van der Waals surface area contributed by atoms with Crippen LogP contribution >= 0.6 is 0 Å². The fourth-order valence-electron chi connectivity index (χ4n) is 4.06. The standard InChI is InChI=1S/C22H26N4O3/c1-28-19-10-7-16(13-20(19)29-2)6-9-18-5-3-4-12-26(18)22(27)17-8-11-21-24-23-15-25(21)14-17/h7-8,10-11,13-15,18H,3-6,9,12H2,1-2H3/t18-/m1/s1. The highest BCUT2D eigenvalue weighted by Gasteiger charge is 2.27. The van der Waals surface area contributed by atoms with Crippen molar-refractivity contribution in [3.05, 3.63) is 54.0 Å². The summed E-state index contributed by atoms with van der Waals surface area (Å²) in [6, 6.07) is 9.94. The Balaban J connectivity index is 1.48. The third kappa shape index (κ3) is 4.04. The number of benzene rings is 1. The summed E-state index contributed by atoms with van der Waals surface area (Å²) >= 11 is 0. The van der Waals surface area contributed by atoms with E-state index in [1.54, 1.807) is 24.9 Å². The van der Waals surface area contributed by atoms with Gasteiger partial charge in [-0.3, -0.25) is 9.20 Å². The second kappa shape index (κ2) is 8.51. The zero-order valence-corrected chi connectivity index (χ0v) is 16.9. The van der Waals surface area contributed by atoms with Gasteiger partial charge < -0.3 is 14.4 Å². The molecule has 1 atom stereocenters. The number of piperidine rings is 1. The predicted octanol–water partition coefficient (Wildman–Crippen LogP) is 3.37. The van der Waals surface area contributed by atoms with Gasteiger partial charge in [-0.25, -0.2) is 0 Å². The molecule has 0 bridgehead atoms. The number of carbonyl (C=O) groups is 1. The molecule has 2 aromatic heterocycles. The van der Waals surface area contributed by atoms with E-state index in [1.165, 1.54) is 5.56 Å². The van der Waals surface area contributed by atoms with Crippen molar-refractivity contribution in [2.75, 3.05) is 20.8 Å². The summed E-state index contributed by atoms with van der Waals surface area (Å²) in [5.41, 5.74) is 2.60. The molecule has 1 aliphatic rings. The number of amides is 1. The summed E-state index contributed by atoms with van der Waals surface area (Å²) in [5, 5.41) is 7.89. The smallest absolute Gasteiger partial charge is 0.255 e. The van der Waals surface area contributed by atoms with Crippen LogP contribution in [0.4, 0.5) is 0 Å². The Bertz CT molecular complexity index is 1000. The van der Waals surface area contributed by atoms with Crippen molar-refractivity contribution < 1.29 is 14.3 Å². The molecule has 1 fully saturated rings. The summed E-state index contributed by atoms with van der Waals surface area (Å²) in [6.45, 7) is 0.801. The fraction of sp³-hybridized carbons (Fsp3) is 0.409. The van der Waals surface area contributed by atoms with Crippen LogP contribution in [-0.2, 0) is 6.42 Å². The van der Waals surface area contributed by atoms with Crippen LogP contribution < -0.4 is 9.47 Å². The lowest BCUT2D eigenvalue weighted by atomic mass is 9.95. The Kier molecular flexibility index (Phi) is 5.64. The lowest BCUT2D eigenvalue weighted by molar-refractivity contribution is 0.0601. The third-order valence-electron chi connectivity index (χ3n) is 5.64. The van der Waals surface area contributed by atoms with Crippen molar-refractivity contribution >= 4 is 11.6 Å². The van der Waals surface area contributed by atoms with Crippen molar-refractivity contribution in [2.45, 2.75) is 38.1 Å². The predicted molar refractivity (Wildman–Crippen MR) is 110 cm³/mol. The number of aryl methyl sites for hydroxylation is 1. The first-order valence-electron chi connectivity index (χ1n) is 10.0. The monoisotopic (exact) mass is 394 g/mol. The molecule has 3 heterocycles. The lowest BCUT2D eigenvalue weighted by Gasteiger charge is -2.36. The van der Waals surface area contributed by atoms with Gasteiger partial charge in [0.2, 0.25) is 0 Å². The van der Waals surface area contributed by atoms with Gasteiger partial charge in [-0.1, -0.05) is 6.07 Å². The molecule has 1 aliphatic heterocycles. The highest BCUT2D eigenvalue weighted by atomic mass is 16.5. The van der Waals surface area contributed by atoms with Gasteiger partial charge in [-0.2, -0.15) is 0 Å². The van der Waals surface area contributed by atoms with Crippen molar-refractivity contribution in [3.8, 4) is 11.5 Å². The average Bonchev–Trinajstić information content (AvgIpc) is 3.25. The molecule has 1 aromatic carbocycles. The van der Waals surface area contributed by atoms with Crippen LogP contribution in [0.1, 0.15) is 41.6 Å². The molecule has 0 radical (unpaired) electrons. The highest BCUT2D eigenvalue weighted by molar-refractivity contribution is 5.94. The zero-order chi connectivity index (χ0) is 20.2. The maximum absolute atomic E-state index is 13.2. The fourth-order valence-corrected chi connectivity index (χ4v) is 4.06. The van der Waals surface area contributed by atoms with E-state index in [-0.39, 0.29) is 11.9 Å². The number of pyridine rings is 1.